The van der Waals surface area contributed by atoms with Crippen LogP contribution in [0.2, 0.25) is 0 Å². The highest BCUT2D eigenvalue weighted by Crippen LogP contribution is 2.32. The van der Waals surface area contributed by atoms with Crippen molar-refractivity contribution in [1.82, 2.24) is 4.57 Å². The van der Waals surface area contributed by atoms with E-state index in [1.54, 1.807) is 6.92 Å². The van der Waals surface area contributed by atoms with Crippen LogP contribution >= 0.6 is 0 Å². The highest BCUT2D eigenvalue weighted by molar-refractivity contribution is 5.94. The summed E-state index contributed by atoms with van der Waals surface area (Å²) in [5.41, 5.74) is -1.31. The van der Waals surface area contributed by atoms with Crippen molar-refractivity contribution in [2.24, 2.45) is 0 Å². The van der Waals surface area contributed by atoms with Crippen LogP contribution < -0.4 is 10.2 Å². The van der Waals surface area contributed by atoms with Gasteiger partial charge < -0.3 is 14.4 Å². The van der Waals surface area contributed by atoms with E-state index in [0.717, 1.165) is 18.7 Å². The van der Waals surface area contributed by atoms with E-state index in [4.69, 9.17) is 4.74 Å². The Morgan fingerprint density at radius 1 is 1.43 bits per heavy atom. The van der Waals surface area contributed by atoms with Crippen molar-refractivity contribution >= 4 is 16.9 Å². The molecule has 0 aliphatic rings. The van der Waals surface area contributed by atoms with Crippen LogP contribution in [0.3, 0.4) is 0 Å². The molecule has 2 rings (SSSR count). The molecule has 5 nitrogen and oxygen atoms in total. The van der Waals surface area contributed by atoms with Crippen LogP contribution in [0.5, 0.6) is 5.75 Å². The number of rotatable bonds is 5. The highest BCUT2D eigenvalue weighted by Gasteiger charge is 2.24. The van der Waals surface area contributed by atoms with Gasteiger partial charge in [-0.05, 0) is 19.4 Å². The number of aromatic nitrogens is 1. The number of hydrogen-bond acceptors (Lipinski definition) is 3. The lowest BCUT2D eigenvalue weighted by atomic mass is 10.1. The van der Waals surface area contributed by atoms with Gasteiger partial charge in [-0.15, -0.1) is 0 Å². The molecule has 0 saturated carbocycles. The summed E-state index contributed by atoms with van der Waals surface area (Å²) in [6, 6.07) is 0.497. The van der Waals surface area contributed by atoms with Gasteiger partial charge in [-0.1, -0.05) is 13.3 Å². The molecule has 124 valence electrons. The number of hydrogen-bond donors (Lipinski definition) is 1. The van der Waals surface area contributed by atoms with Gasteiger partial charge in [0.15, 0.2) is 11.6 Å². The molecule has 0 spiro atoms. The molecule has 1 unspecified atom stereocenters. The van der Waals surface area contributed by atoms with Crippen LogP contribution in [-0.2, 0) is 0 Å². The molecule has 2 aromatic rings. The van der Waals surface area contributed by atoms with Crippen LogP contribution in [-0.4, -0.2) is 22.8 Å². The summed E-state index contributed by atoms with van der Waals surface area (Å²) in [5.74, 6) is -4.29. The quantitative estimate of drug-likeness (QED) is 0.915. The van der Waals surface area contributed by atoms with Gasteiger partial charge in [0.05, 0.1) is 18.0 Å². The van der Waals surface area contributed by atoms with Gasteiger partial charge in [-0.25, -0.2) is 9.18 Å². The maximum absolute atomic E-state index is 14.0. The number of nitrogens with zero attached hydrogens (tertiary/aromatic N) is 1. The maximum Gasteiger partial charge on any atom is 0.341 e. The number of ether oxygens (including phenoxy) is 1. The fourth-order valence-corrected chi connectivity index (χ4v) is 2.67. The van der Waals surface area contributed by atoms with Crippen molar-refractivity contribution in [1.29, 1.82) is 0 Å². The molecule has 0 aliphatic heterocycles. The van der Waals surface area contributed by atoms with Gasteiger partial charge in [-0.3, -0.25) is 4.79 Å². The molecule has 0 amide bonds. The Hall–Kier alpha value is -2.44. The minimum atomic E-state index is -1.42. The van der Waals surface area contributed by atoms with E-state index in [0.29, 0.717) is 6.42 Å². The molecule has 1 heterocycles. The van der Waals surface area contributed by atoms with Crippen molar-refractivity contribution in [2.45, 2.75) is 32.7 Å². The number of aromatic carboxylic acids is 1. The predicted octanol–water partition coefficient (Wildman–Crippen LogP) is 3.35. The zero-order chi connectivity index (χ0) is 17.3. The number of carbonyl (C=O) groups is 1. The Morgan fingerprint density at radius 3 is 2.61 bits per heavy atom. The number of methoxy groups -OCH3 is 1. The van der Waals surface area contributed by atoms with Crippen LogP contribution in [0, 0.1) is 11.6 Å². The van der Waals surface area contributed by atoms with E-state index in [9.17, 15) is 23.5 Å². The Morgan fingerprint density at radius 2 is 2.09 bits per heavy atom. The van der Waals surface area contributed by atoms with Gasteiger partial charge in [0, 0.05) is 12.2 Å². The minimum absolute atomic E-state index is 0.0577. The smallest absolute Gasteiger partial charge is 0.341 e. The van der Waals surface area contributed by atoms with E-state index in [2.05, 4.69) is 0 Å². The lowest BCUT2D eigenvalue weighted by Gasteiger charge is -2.21. The molecule has 0 bridgehead atoms. The van der Waals surface area contributed by atoms with Crippen LogP contribution in [0.1, 0.15) is 43.1 Å². The summed E-state index contributed by atoms with van der Waals surface area (Å²) in [6.07, 6.45) is 2.62. The Bertz CT molecular complexity index is 829. The zero-order valence-electron chi connectivity index (χ0n) is 13.0. The first kappa shape index (κ1) is 16.9. The zero-order valence-corrected chi connectivity index (χ0v) is 13.0. The van der Waals surface area contributed by atoms with Crippen LogP contribution in [0.15, 0.2) is 17.1 Å². The minimum Gasteiger partial charge on any atom is -0.491 e. The second-order valence-corrected chi connectivity index (χ2v) is 5.32. The van der Waals surface area contributed by atoms with Crippen molar-refractivity contribution in [3.8, 4) is 5.75 Å². The lowest BCUT2D eigenvalue weighted by Crippen LogP contribution is -2.21. The van der Waals surface area contributed by atoms with Crippen molar-refractivity contribution < 1.29 is 23.4 Å². The van der Waals surface area contributed by atoms with Crippen molar-refractivity contribution in [2.75, 3.05) is 7.11 Å². The molecule has 1 N–H and O–H groups in total. The van der Waals surface area contributed by atoms with E-state index in [1.165, 1.54) is 11.7 Å². The van der Waals surface area contributed by atoms with E-state index in [1.807, 2.05) is 6.92 Å². The highest BCUT2D eigenvalue weighted by atomic mass is 19.2. The molecular formula is C16H17F2NO4. The first-order chi connectivity index (χ1) is 10.8. The maximum atomic E-state index is 14.0. The molecule has 1 atom stereocenters. The normalized spacial score (nSPS) is 12.4. The number of halogens is 2. The molecule has 1 aromatic carbocycles. The fourth-order valence-electron chi connectivity index (χ4n) is 2.67. The van der Waals surface area contributed by atoms with Gasteiger partial charge in [-0.2, -0.15) is 4.39 Å². The third-order valence-electron chi connectivity index (χ3n) is 3.78. The van der Waals surface area contributed by atoms with Gasteiger partial charge in [0.25, 0.3) is 0 Å². The average molecular weight is 325 g/mol. The number of pyridine rings is 1. The van der Waals surface area contributed by atoms with E-state index in [-0.39, 0.29) is 16.9 Å². The molecule has 1 aromatic heterocycles. The van der Waals surface area contributed by atoms with Gasteiger partial charge in [0.1, 0.15) is 5.56 Å². The molecular weight excluding hydrogens is 308 g/mol. The summed E-state index contributed by atoms with van der Waals surface area (Å²) < 4.78 is 34.2. The molecule has 23 heavy (non-hydrogen) atoms. The van der Waals surface area contributed by atoms with Crippen molar-refractivity contribution in [3.05, 3.63) is 39.7 Å². The van der Waals surface area contributed by atoms with E-state index >= 15 is 0 Å². The predicted molar refractivity (Wildman–Crippen MR) is 81.3 cm³/mol. The Kier molecular flexibility index (Phi) is 4.68. The fraction of sp³-hybridized carbons (Fsp3) is 0.375. The molecule has 0 saturated heterocycles. The number of fused-ring (bicyclic) bond motifs is 1. The van der Waals surface area contributed by atoms with Gasteiger partial charge in [0.2, 0.25) is 11.2 Å². The second-order valence-electron chi connectivity index (χ2n) is 5.32. The lowest BCUT2D eigenvalue weighted by molar-refractivity contribution is 0.0694. The summed E-state index contributed by atoms with van der Waals surface area (Å²) in [5, 5.41) is 8.98. The molecule has 0 fully saturated rings. The van der Waals surface area contributed by atoms with Crippen LogP contribution in [0.4, 0.5) is 8.78 Å². The molecule has 0 radical (unpaired) electrons. The Labute approximate surface area is 131 Å². The number of carboxylic acid groups (broad SMARTS) is 1. The molecule has 7 heteroatoms. The first-order valence-electron chi connectivity index (χ1n) is 7.17. The third kappa shape index (κ3) is 2.78. The number of benzene rings is 1. The second kappa shape index (κ2) is 6.36. The van der Waals surface area contributed by atoms with Gasteiger partial charge >= 0.3 is 5.97 Å². The third-order valence-corrected chi connectivity index (χ3v) is 3.78. The van der Waals surface area contributed by atoms with Crippen molar-refractivity contribution in [3.63, 3.8) is 0 Å². The Balaban J connectivity index is 3.02. The summed E-state index contributed by atoms with van der Waals surface area (Å²) >= 11 is 0. The number of carboxylic acids is 1. The molecule has 0 aliphatic carbocycles. The largest absolute Gasteiger partial charge is 0.491 e. The first-order valence-corrected chi connectivity index (χ1v) is 7.17. The van der Waals surface area contributed by atoms with Crippen LogP contribution in [0.25, 0.3) is 10.9 Å². The van der Waals surface area contributed by atoms with E-state index < -0.39 is 34.3 Å². The summed E-state index contributed by atoms with van der Waals surface area (Å²) in [6.45, 7) is 3.75. The average Bonchev–Trinajstić information content (AvgIpc) is 2.49. The standard InChI is InChI=1S/C16H17F2NO4/c1-4-5-8(2)19-7-10(16(21)22)14(20)9-6-11(17)12(18)15(23-3)13(9)19/h6-8H,4-5H2,1-3H3,(H,21,22). The summed E-state index contributed by atoms with van der Waals surface area (Å²) in [7, 11) is 1.17. The summed E-state index contributed by atoms with van der Waals surface area (Å²) in [4.78, 5) is 23.6. The SMILES string of the molecule is CCCC(C)n1cc(C(=O)O)c(=O)c2cc(F)c(F)c(OC)c21. The topological polar surface area (TPSA) is 68.5 Å². The monoisotopic (exact) mass is 325 g/mol.